The van der Waals surface area contributed by atoms with E-state index in [4.69, 9.17) is 10.5 Å². The molecule has 3 amide bonds. The molecule has 0 bridgehead atoms. The number of halogens is 1. The van der Waals surface area contributed by atoms with Crippen LogP contribution in [-0.4, -0.2) is 54.2 Å². The minimum Gasteiger partial charge on any atom is -0.447 e. The fourth-order valence-electron chi connectivity index (χ4n) is 4.26. The molecule has 2 aliphatic heterocycles. The first-order valence-electron chi connectivity index (χ1n) is 10.5. The van der Waals surface area contributed by atoms with Gasteiger partial charge < -0.3 is 25.6 Å². The first-order chi connectivity index (χ1) is 14.8. The predicted octanol–water partition coefficient (Wildman–Crippen LogP) is 4.02. The van der Waals surface area contributed by atoms with Crippen LogP contribution in [0.2, 0.25) is 0 Å². The summed E-state index contributed by atoms with van der Waals surface area (Å²) in [5.41, 5.74) is 8.72. The maximum atomic E-state index is 13.2. The molecule has 164 valence electrons. The molecule has 2 unspecified atom stereocenters. The van der Waals surface area contributed by atoms with Crippen LogP contribution >= 0.6 is 0 Å². The molecule has 3 N–H and O–H groups in total. The van der Waals surface area contributed by atoms with Gasteiger partial charge in [0.05, 0.1) is 17.5 Å². The minimum absolute atomic E-state index is 0.147. The third kappa shape index (κ3) is 4.57. The first-order valence-corrected chi connectivity index (χ1v) is 10.5. The summed E-state index contributed by atoms with van der Waals surface area (Å²) in [4.78, 5) is 28.5. The Kier molecular flexibility index (Phi) is 5.71. The molecule has 7 nitrogen and oxygen atoms in total. The number of nitrogen functional groups attached to an aromatic ring is 1. The van der Waals surface area contributed by atoms with Gasteiger partial charge in [0.25, 0.3) is 0 Å². The van der Waals surface area contributed by atoms with Crippen molar-refractivity contribution in [1.82, 2.24) is 9.80 Å². The van der Waals surface area contributed by atoms with Gasteiger partial charge in [-0.3, -0.25) is 0 Å². The molecular formula is C23H27FN4O3. The molecule has 0 aliphatic carbocycles. The van der Waals surface area contributed by atoms with Crippen LogP contribution in [0.4, 0.5) is 25.4 Å². The molecule has 31 heavy (non-hydrogen) atoms. The van der Waals surface area contributed by atoms with Crippen LogP contribution in [-0.2, 0) is 4.74 Å². The number of ether oxygens (including phenoxy) is 1. The van der Waals surface area contributed by atoms with Gasteiger partial charge in [0.2, 0.25) is 0 Å². The van der Waals surface area contributed by atoms with Crippen molar-refractivity contribution in [2.24, 2.45) is 11.8 Å². The minimum atomic E-state index is -0.302. The summed E-state index contributed by atoms with van der Waals surface area (Å²) in [7, 11) is 0. The number of rotatable bonds is 3. The predicted molar refractivity (Wildman–Crippen MR) is 117 cm³/mol. The Hall–Kier alpha value is -3.29. The third-order valence-corrected chi connectivity index (χ3v) is 5.84. The lowest BCUT2D eigenvalue weighted by atomic mass is 10.0. The first kappa shape index (κ1) is 21.0. The number of nitrogens with one attached hydrogen (secondary N) is 1. The maximum Gasteiger partial charge on any atom is 0.410 e. The molecule has 2 atom stereocenters. The van der Waals surface area contributed by atoms with E-state index in [9.17, 15) is 14.0 Å². The molecule has 4 rings (SSSR count). The largest absolute Gasteiger partial charge is 0.447 e. The molecule has 2 heterocycles. The molecule has 0 spiro atoms. The van der Waals surface area contributed by atoms with Crippen LogP contribution in [0, 0.1) is 17.7 Å². The fraction of sp³-hybridized carbons (Fsp3) is 0.391. The number of carbonyl (C=O) groups is 2. The van der Waals surface area contributed by atoms with Crippen LogP contribution in [0.1, 0.15) is 13.8 Å². The molecule has 2 fully saturated rings. The van der Waals surface area contributed by atoms with Crippen molar-refractivity contribution in [3.63, 3.8) is 0 Å². The quantitative estimate of drug-likeness (QED) is 0.726. The van der Waals surface area contributed by atoms with Gasteiger partial charge in [0.15, 0.2) is 0 Å². The average molecular weight is 426 g/mol. The van der Waals surface area contributed by atoms with E-state index in [0.717, 1.165) is 11.1 Å². The van der Waals surface area contributed by atoms with E-state index in [1.165, 1.54) is 12.1 Å². The number of benzene rings is 2. The van der Waals surface area contributed by atoms with Gasteiger partial charge in [-0.2, -0.15) is 0 Å². The summed E-state index contributed by atoms with van der Waals surface area (Å²) in [6, 6.07) is 11.3. The van der Waals surface area contributed by atoms with E-state index in [1.807, 2.05) is 19.9 Å². The molecule has 2 aliphatic rings. The van der Waals surface area contributed by atoms with E-state index in [0.29, 0.717) is 37.6 Å². The number of nitrogens with two attached hydrogens (primary N) is 1. The third-order valence-electron chi connectivity index (χ3n) is 5.84. The number of likely N-dealkylation sites (tertiary alicyclic amines) is 2. The van der Waals surface area contributed by atoms with Crippen LogP contribution in [0.15, 0.2) is 42.5 Å². The number of amides is 3. The second kappa shape index (κ2) is 8.45. The Labute approximate surface area is 181 Å². The topological polar surface area (TPSA) is 87.9 Å². The van der Waals surface area contributed by atoms with Crippen molar-refractivity contribution in [2.45, 2.75) is 20.0 Å². The Bertz CT molecular complexity index is 965. The number of urea groups is 1. The zero-order valence-electron chi connectivity index (χ0n) is 17.7. The highest BCUT2D eigenvalue weighted by Crippen LogP contribution is 2.33. The number of fused-ring (bicyclic) bond motifs is 1. The van der Waals surface area contributed by atoms with E-state index in [1.54, 1.807) is 34.1 Å². The number of hydrogen-bond donors (Lipinski definition) is 2. The summed E-state index contributed by atoms with van der Waals surface area (Å²) in [5, 5.41) is 2.91. The summed E-state index contributed by atoms with van der Waals surface area (Å²) in [6.45, 7) is 6.03. The highest BCUT2D eigenvalue weighted by atomic mass is 19.1. The molecule has 2 aromatic rings. The second-order valence-electron chi connectivity index (χ2n) is 8.50. The lowest BCUT2D eigenvalue weighted by molar-refractivity contribution is 0.0807. The SMILES string of the molecule is CC(C)OC(=O)N1CC2CN(C(=O)Nc3cc(-c4ccc(F)cc4)ccc3N)CC2C1. The number of hydrogen-bond acceptors (Lipinski definition) is 4. The Morgan fingerprint density at radius 3 is 2.19 bits per heavy atom. The number of carbonyl (C=O) groups excluding carboxylic acids is 2. The molecule has 0 radical (unpaired) electrons. The van der Waals surface area contributed by atoms with Crippen molar-refractivity contribution in [3.05, 3.63) is 48.3 Å². The van der Waals surface area contributed by atoms with Crippen LogP contribution in [0.25, 0.3) is 11.1 Å². The number of anilines is 2. The van der Waals surface area contributed by atoms with Crippen molar-refractivity contribution < 1.29 is 18.7 Å². The van der Waals surface area contributed by atoms with E-state index in [2.05, 4.69) is 5.32 Å². The van der Waals surface area contributed by atoms with Gasteiger partial charge >= 0.3 is 12.1 Å². The van der Waals surface area contributed by atoms with Crippen LogP contribution in [0.5, 0.6) is 0 Å². The van der Waals surface area contributed by atoms with Gasteiger partial charge in [0.1, 0.15) is 5.82 Å². The van der Waals surface area contributed by atoms with Crippen molar-refractivity contribution in [1.29, 1.82) is 0 Å². The van der Waals surface area contributed by atoms with Gasteiger partial charge in [-0.25, -0.2) is 14.0 Å². The monoisotopic (exact) mass is 426 g/mol. The van der Waals surface area contributed by atoms with E-state index >= 15 is 0 Å². The normalized spacial score (nSPS) is 20.1. The average Bonchev–Trinajstić information content (AvgIpc) is 3.29. The second-order valence-corrected chi connectivity index (χ2v) is 8.50. The summed E-state index contributed by atoms with van der Waals surface area (Å²) in [6.07, 6.45) is -0.433. The van der Waals surface area contributed by atoms with Gasteiger partial charge in [-0.15, -0.1) is 0 Å². The molecule has 8 heteroatoms. The Morgan fingerprint density at radius 2 is 1.58 bits per heavy atom. The van der Waals surface area contributed by atoms with Crippen LogP contribution < -0.4 is 11.1 Å². The summed E-state index contributed by atoms with van der Waals surface area (Å²) >= 11 is 0. The van der Waals surface area contributed by atoms with Crippen molar-refractivity contribution in [2.75, 3.05) is 37.2 Å². The standard InChI is InChI=1S/C23H27FN4O3/c1-14(2)31-23(30)28-12-17-10-27(11-18(17)13-28)22(29)26-21-9-16(5-8-20(21)25)15-3-6-19(24)7-4-15/h3-9,14,17-18H,10-13,25H2,1-2H3,(H,26,29). The van der Waals surface area contributed by atoms with E-state index in [-0.39, 0.29) is 35.9 Å². The Morgan fingerprint density at radius 1 is 1.00 bits per heavy atom. The highest BCUT2D eigenvalue weighted by molar-refractivity contribution is 5.94. The molecule has 2 saturated heterocycles. The fourth-order valence-corrected chi connectivity index (χ4v) is 4.26. The summed E-state index contributed by atoms with van der Waals surface area (Å²) in [5.74, 6) is 0.185. The van der Waals surface area contributed by atoms with E-state index < -0.39 is 0 Å². The maximum absolute atomic E-state index is 13.2. The zero-order valence-corrected chi connectivity index (χ0v) is 17.7. The smallest absolute Gasteiger partial charge is 0.410 e. The van der Waals surface area contributed by atoms with Crippen molar-refractivity contribution >= 4 is 23.5 Å². The van der Waals surface area contributed by atoms with Crippen molar-refractivity contribution in [3.8, 4) is 11.1 Å². The lowest BCUT2D eigenvalue weighted by Crippen LogP contribution is -2.38. The highest BCUT2D eigenvalue weighted by Gasteiger charge is 2.43. The Balaban J connectivity index is 1.38. The molecule has 0 saturated carbocycles. The molecule has 2 aromatic carbocycles. The molecule has 0 aromatic heterocycles. The number of nitrogens with zero attached hydrogens (tertiary/aromatic N) is 2. The zero-order chi connectivity index (χ0) is 22.1. The van der Waals surface area contributed by atoms with Gasteiger partial charge in [0, 0.05) is 38.0 Å². The lowest BCUT2D eigenvalue weighted by Gasteiger charge is -2.23. The molecular weight excluding hydrogens is 399 g/mol. The van der Waals surface area contributed by atoms with Gasteiger partial charge in [-0.05, 0) is 49.2 Å². The van der Waals surface area contributed by atoms with Crippen LogP contribution in [0.3, 0.4) is 0 Å². The summed E-state index contributed by atoms with van der Waals surface area (Å²) < 4.78 is 18.5. The van der Waals surface area contributed by atoms with Gasteiger partial charge in [-0.1, -0.05) is 18.2 Å².